The van der Waals surface area contributed by atoms with Crippen LogP contribution in [-0.2, 0) is 0 Å². The lowest BCUT2D eigenvalue weighted by atomic mass is 9.95. The second kappa shape index (κ2) is 13.2. The van der Waals surface area contributed by atoms with Gasteiger partial charge in [0.05, 0.1) is 25.2 Å². The zero-order valence-electron chi connectivity index (χ0n) is 28.6. The van der Waals surface area contributed by atoms with Crippen LogP contribution < -0.4 is 19.7 Å². The van der Waals surface area contributed by atoms with E-state index in [0.29, 0.717) is 37.4 Å². The van der Waals surface area contributed by atoms with Gasteiger partial charge in [0, 0.05) is 54.6 Å². The fraction of sp³-hybridized carbons (Fsp3) is 0.486. The van der Waals surface area contributed by atoms with Crippen LogP contribution in [0.5, 0.6) is 17.6 Å². The third kappa shape index (κ3) is 6.57. The molecule has 3 aliphatic rings. The van der Waals surface area contributed by atoms with Gasteiger partial charge >= 0.3 is 12.2 Å². The molecule has 0 amide bonds. The number of rotatable bonds is 9. The molecule has 2 aromatic carbocycles. The molecule has 1 aliphatic carbocycles. The summed E-state index contributed by atoms with van der Waals surface area (Å²) in [5, 5.41) is 14.9. The summed E-state index contributed by atoms with van der Waals surface area (Å²) in [7, 11) is 1.39. The van der Waals surface area contributed by atoms with Crippen LogP contribution in [0, 0.1) is 35.3 Å². The van der Waals surface area contributed by atoms with Crippen molar-refractivity contribution in [2.75, 3.05) is 51.3 Å². The molecule has 7 rings (SSSR count). The van der Waals surface area contributed by atoms with Gasteiger partial charge in [-0.05, 0) is 62.7 Å². The monoisotopic (exact) mass is 710 g/mol. The molecule has 4 aromatic rings. The van der Waals surface area contributed by atoms with E-state index in [1.54, 1.807) is 0 Å². The highest BCUT2D eigenvalue weighted by Gasteiger charge is 2.49. The summed E-state index contributed by atoms with van der Waals surface area (Å²) in [5.41, 5.74) is -0.888. The minimum Gasteiger partial charge on any atom is -0.508 e. The number of terminal acetylenes is 1. The van der Waals surface area contributed by atoms with E-state index < -0.39 is 23.7 Å². The maximum Gasteiger partial charge on any atom is 0.393 e. The number of hydrogen-bond donors (Lipinski definition) is 2. The molecular weight excluding hydrogens is 671 g/mol. The maximum absolute atomic E-state index is 17.1. The van der Waals surface area contributed by atoms with Crippen LogP contribution in [-0.4, -0.2) is 89.7 Å². The minimum atomic E-state index is -4.23. The molecule has 3 fully saturated rings. The summed E-state index contributed by atoms with van der Waals surface area (Å²) in [6.45, 7) is 6.14. The molecule has 0 unspecified atom stereocenters. The van der Waals surface area contributed by atoms with Gasteiger partial charge in [-0.15, -0.1) is 6.42 Å². The van der Waals surface area contributed by atoms with Gasteiger partial charge in [0.25, 0.3) is 0 Å². The van der Waals surface area contributed by atoms with Crippen LogP contribution in [0.3, 0.4) is 0 Å². The average molecular weight is 711 g/mol. The van der Waals surface area contributed by atoms with Crippen molar-refractivity contribution in [3.05, 3.63) is 41.5 Å². The van der Waals surface area contributed by atoms with Crippen molar-refractivity contribution < 1.29 is 36.5 Å². The number of aromatic hydroxyl groups is 1. The van der Waals surface area contributed by atoms with Crippen molar-refractivity contribution in [2.24, 2.45) is 11.3 Å². The number of pyridine rings is 1. The molecule has 270 valence electrons. The van der Waals surface area contributed by atoms with E-state index in [1.165, 1.54) is 31.4 Å². The lowest BCUT2D eigenvalue weighted by Gasteiger charge is -2.39. The van der Waals surface area contributed by atoms with Gasteiger partial charge in [-0.1, -0.05) is 18.9 Å². The Balaban J connectivity index is 1.34. The second-order valence-electron chi connectivity index (χ2n) is 14.1. The van der Waals surface area contributed by atoms with E-state index >= 15 is 4.39 Å². The zero-order valence-corrected chi connectivity index (χ0v) is 28.6. The molecule has 0 bridgehead atoms. The third-order valence-corrected chi connectivity index (χ3v) is 10.5. The Morgan fingerprint density at radius 2 is 1.90 bits per heavy atom. The molecule has 14 heteroatoms. The van der Waals surface area contributed by atoms with Crippen LogP contribution in [0.25, 0.3) is 32.9 Å². The summed E-state index contributed by atoms with van der Waals surface area (Å²) in [5.74, 6) is -0.432. The first-order chi connectivity index (χ1) is 24.3. The zero-order chi connectivity index (χ0) is 36.2. The lowest BCUT2D eigenvalue weighted by molar-refractivity contribution is -0.170. The highest BCUT2D eigenvalue weighted by atomic mass is 19.4. The van der Waals surface area contributed by atoms with Crippen LogP contribution >= 0.6 is 0 Å². The fourth-order valence-electron chi connectivity index (χ4n) is 7.41. The number of nitrogens with zero attached hydrogens (tertiary/aromatic N) is 5. The third-order valence-electron chi connectivity index (χ3n) is 10.5. The molecule has 2 N–H and O–H groups in total. The number of hydrogen-bond acceptors (Lipinski definition) is 9. The lowest BCUT2D eigenvalue weighted by Crippen LogP contribution is -2.55. The number of phenolic OH excluding ortho intramolecular Hbond substituents is 1. The largest absolute Gasteiger partial charge is 0.508 e. The molecule has 3 atom stereocenters. The second-order valence-corrected chi connectivity index (χ2v) is 14.1. The summed E-state index contributed by atoms with van der Waals surface area (Å²) >= 11 is 0. The number of piperazine rings is 1. The first kappa shape index (κ1) is 34.9. The Hall–Kier alpha value is -4.48. The van der Waals surface area contributed by atoms with E-state index in [-0.39, 0.29) is 87.8 Å². The van der Waals surface area contributed by atoms with E-state index in [2.05, 4.69) is 28.1 Å². The number of phenols is 1. The first-order valence-electron chi connectivity index (χ1n) is 17.1. The van der Waals surface area contributed by atoms with Crippen LogP contribution in [0.2, 0.25) is 0 Å². The average Bonchev–Trinajstić information content (AvgIpc) is 3.70. The van der Waals surface area contributed by atoms with Crippen LogP contribution in [0.15, 0.2) is 24.3 Å². The highest BCUT2D eigenvalue weighted by molar-refractivity contribution is 6.04. The Bertz CT molecular complexity index is 2030. The Labute approximate surface area is 292 Å². The number of anilines is 1. The quantitative estimate of drug-likeness (QED) is 0.150. The van der Waals surface area contributed by atoms with E-state index in [4.69, 9.17) is 20.9 Å². The molecule has 51 heavy (non-hydrogen) atoms. The van der Waals surface area contributed by atoms with Crippen LogP contribution in [0.4, 0.5) is 27.8 Å². The molecule has 2 aliphatic heterocycles. The number of fused-ring (bicyclic) bond motifs is 2. The summed E-state index contributed by atoms with van der Waals surface area (Å²) in [6, 6.07) is 5.22. The molecule has 2 aromatic heterocycles. The smallest absolute Gasteiger partial charge is 0.393 e. The van der Waals surface area contributed by atoms with E-state index in [9.17, 15) is 22.7 Å². The number of ether oxygens (including phenoxy) is 2. The van der Waals surface area contributed by atoms with Gasteiger partial charge < -0.3 is 29.7 Å². The number of methoxy groups -OCH3 is 1. The molecular formula is C37H39F5N6O3. The normalized spacial score (nSPS) is 22.0. The van der Waals surface area contributed by atoms with Gasteiger partial charge in [0.2, 0.25) is 5.88 Å². The molecule has 0 spiro atoms. The summed E-state index contributed by atoms with van der Waals surface area (Å²) < 4.78 is 84.1. The SMILES string of the molecule is C#Cc1c(F)ccc2cc(O)cc(-c3nc(OC)c4c(N5C[C@@H](CC)NC[C@H]5C)nc(OCC5(CN6CC[C@@H](C(F)(F)F)C6)CC5)nc4c3F)c12. The van der Waals surface area contributed by atoms with Gasteiger partial charge in [0.1, 0.15) is 34.0 Å². The summed E-state index contributed by atoms with van der Waals surface area (Å²) in [4.78, 5) is 17.8. The van der Waals surface area contributed by atoms with Crippen molar-refractivity contribution in [1.29, 1.82) is 0 Å². The van der Waals surface area contributed by atoms with Crippen LogP contribution in [0.1, 0.15) is 45.1 Å². The predicted octanol–water partition coefficient (Wildman–Crippen LogP) is 6.44. The Kier molecular flexibility index (Phi) is 9.08. The van der Waals surface area contributed by atoms with Crippen molar-refractivity contribution in [3.63, 3.8) is 0 Å². The van der Waals surface area contributed by atoms with E-state index in [1.807, 2.05) is 16.7 Å². The van der Waals surface area contributed by atoms with Crippen molar-refractivity contribution in [3.8, 4) is 41.2 Å². The predicted molar refractivity (Wildman–Crippen MR) is 183 cm³/mol. The Morgan fingerprint density at radius 1 is 1.12 bits per heavy atom. The highest BCUT2D eigenvalue weighted by Crippen LogP contribution is 2.48. The molecule has 1 saturated carbocycles. The van der Waals surface area contributed by atoms with Gasteiger partial charge in [-0.2, -0.15) is 23.1 Å². The van der Waals surface area contributed by atoms with E-state index in [0.717, 1.165) is 19.3 Å². The number of aromatic nitrogens is 3. The topological polar surface area (TPSA) is 95.9 Å². The molecule has 4 heterocycles. The standard InChI is InChI=1S/C37H39F5N6O3/c1-5-23-17-48(20(3)15-43-23)33-29-32(45-35(46-33)51-19-36(10-11-36)18-47-12-9-22(16-47)37(40,41)42)30(39)31(44-34(29)50-4)26-14-24(49)13-21-7-8-27(38)25(6-2)28(21)26/h2,7-8,13-14,20,22-23,43,49H,5,9-12,15-19H2,1,3-4H3/t20-,22-,23-/m1/s1. The minimum absolute atomic E-state index is 0.00352. The molecule has 2 saturated heterocycles. The van der Waals surface area contributed by atoms with Crippen molar-refractivity contribution >= 4 is 27.5 Å². The van der Waals surface area contributed by atoms with Gasteiger partial charge in [-0.25, -0.2) is 13.8 Å². The van der Waals surface area contributed by atoms with Gasteiger partial charge in [0.15, 0.2) is 5.82 Å². The number of nitrogens with one attached hydrogen (secondary N) is 1. The molecule has 9 nitrogen and oxygen atoms in total. The summed E-state index contributed by atoms with van der Waals surface area (Å²) in [6.07, 6.45) is 3.91. The van der Waals surface area contributed by atoms with Gasteiger partial charge in [-0.3, -0.25) is 0 Å². The number of benzene rings is 2. The Morgan fingerprint density at radius 3 is 2.57 bits per heavy atom. The number of halogens is 5. The maximum atomic E-state index is 17.1. The first-order valence-corrected chi connectivity index (χ1v) is 17.1. The molecule has 0 radical (unpaired) electrons. The van der Waals surface area contributed by atoms with Crippen molar-refractivity contribution in [2.45, 2.75) is 57.8 Å². The van der Waals surface area contributed by atoms with Crippen molar-refractivity contribution in [1.82, 2.24) is 25.2 Å². The number of likely N-dealkylation sites (tertiary alicyclic amines) is 1. The number of alkyl halides is 3. The fourth-order valence-corrected chi connectivity index (χ4v) is 7.41.